The van der Waals surface area contributed by atoms with Crippen molar-refractivity contribution in [2.45, 2.75) is 51.1 Å². The third-order valence-corrected chi connectivity index (χ3v) is 6.21. The highest BCUT2D eigenvalue weighted by molar-refractivity contribution is 5.45. The molecule has 0 radical (unpaired) electrons. The normalized spacial score (nSPS) is 17.5. The van der Waals surface area contributed by atoms with Crippen molar-refractivity contribution in [2.75, 3.05) is 11.4 Å². The van der Waals surface area contributed by atoms with Gasteiger partial charge in [0.15, 0.2) is 11.6 Å². The van der Waals surface area contributed by atoms with Gasteiger partial charge in [-0.15, -0.1) is 0 Å². The molecule has 0 aliphatic carbocycles. The van der Waals surface area contributed by atoms with Gasteiger partial charge < -0.3 is 14.4 Å². The SMILES string of the molecule is O=c1nc(OCc2ccc(Oc3ccnc(C(F)(F)F)c3)c(F)c2)cc2n1CC[C@@H]1CCCCN21. The molecular weight excluding hydrogens is 468 g/mol. The summed E-state index contributed by atoms with van der Waals surface area (Å²) in [6, 6.07) is 8.04. The first-order chi connectivity index (χ1) is 16.8. The predicted octanol–water partition coefficient (Wildman–Crippen LogP) is 4.93. The van der Waals surface area contributed by atoms with Gasteiger partial charge in [0.25, 0.3) is 0 Å². The summed E-state index contributed by atoms with van der Waals surface area (Å²) in [5, 5.41) is 0. The molecule has 0 bridgehead atoms. The fraction of sp³-hybridized carbons (Fsp3) is 0.375. The van der Waals surface area contributed by atoms with Crippen LogP contribution in [0.2, 0.25) is 0 Å². The van der Waals surface area contributed by atoms with E-state index in [1.807, 2.05) is 0 Å². The minimum absolute atomic E-state index is 0.0516. The summed E-state index contributed by atoms with van der Waals surface area (Å²) in [5.41, 5.74) is -1.08. The molecule has 1 saturated heterocycles. The topological polar surface area (TPSA) is 69.5 Å². The fourth-order valence-electron chi connectivity index (χ4n) is 4.51. The van der Waals surface area contributed by atoms with E-state index in [-0.39, 0.29) is 29.7 Å². The lowest BCUT2D eigenvalue weighted by atomic mass is 9.97. The van der Waals surface area contributed by atoms with Gasteiger partial charge in [-0.25, -0.2) is 9.18 Å². The number of nitrogens with zero attached hydrogens (tertiary/aromatic N) is 4. The van der Waals surface area contributed by atoms with E-state index in [0.717, 1.165) is 43.9 Å². The Morgan fingerprint density at radius 2 is 1.91 bits per heavy atom. The average Bonchev–Trinajstić information content (AvgIpc) is 2.84. The van der Waals surface area contributed by atoms with E-state index in [0.29, 0.717) is 24.2 Å². The summed E-state index contributed by atoms with van der Waals surface area (Å²) in [6.45, 7) is 1.45. The molecule has 11 heteroatoms. The second kappa shape index (κ2) is 9.20. The zero-order valence-electron chi connectivity index (χ0n) is 18.6. The largest absolute Gasteiger partial charge is 0.473 e. The Morgan fingerprint density at radius 1 is 1.06 bits per heavy atom. The van der Waals surface area contributed by atoms with Crippen LogP contribution in [0.4, 0.5) is 23.4 Å². The Kier molecular flexibility index (Phi) is 6.08. The Labute approximate surface area is 197 Å². The van der Waals surface area contributed by atoms with Gasteiger partial charge in [-0.2, -0.15) is 18.2 Å². The molecule has 0 spiro atoms. The third kappa shape index (κ3) is 4.94. The summed E-state index contributed by atoms with van der Waals surface area (Å²) in [4.78, 5) is 22.0. The van der Waals surface area contributed by atoms with Crippen molar-refractivity contribution in [1.82, 2.24) is 14.5 Å². The average molecular weight is 490 g/mol. The zero-order valence-corrected chi connectivity index (χ0v) is 18.6. The van der Waals surface area contributed by atoms with Crippen molar-refractivity contribution in [3.63, 3.8) is 0 Å². The highest BCUT2D eigenvalue weighted by atomic mass is 19.4. The quantitative estimate of drug-likeness (QED) is 0.473. The van der Waals surface area contributed by atoms with E-state index in [1.54, 1.807) is 10.6 Å². The maximum absolute atomic E-state index is 14.6. The Bertz CT molecular complexity index is 1290. The van der Waals surface area contributed by atoms with E-state index in [9.17, 15) is 22.4 Å². The molecule has 2 aliphatic heterocycles. The number of ether oxygens (including phenoxy) is 2. The Hall–Kier alpha value is -3.63. The first kappa shape index (κ1) is 23.1. The molecule has 3 aromatic rings. The molecule has 0 N–H and O–H groups in total. The summed E-state index contributed by atoms with van der Waals surface area (Å²) in [7, 11) is 0. The summed E-state index contributed by atoms with van der Waals surface area (Å²) in [6.07, 6.45) is 0.556. The van der Waals surface area contributed by atoms with Gasteiger partial charge >= 0.3 is 11.9 Å². The number of aromatic nitrogens is 3. The van der Waals surface area contributed by atoms with Gasteiger partial charge in [-0.3, -0.25) is 9.55 Å². The van der Waals surface area contributed by atoms with Gasteiger partial charge in [-0.1, -0.05) is 6.07 Å². The van der Waals surface area contributed by atoms with Gasteiger partial charge in [0.1, 0.15) is 23.9 Å². The van der Waals surface area contributed by atoms with Crippen LogP contribution in [0.1, 0.15) is 36.9 Å². The Morgan fingerprint density at radius 3 is 2.71 bits per heavy atom. The molecule has 0 saturated carbocycles. The van der Waals surface area contributed by atoms with Crippen molar-refractivity contribution in [2.24, 2.45) is 0 Å². The van der Waals surface area contributed by atoms with Crippen molar-refractivity contribution >= 4 is 5.82 Å². The van der Waals surface area contributed by atoms with Gasteiger partial charge in [0.05, 0.1) is 0 Å². The molecule has 35 heavy (non-hydrogen) atoms. The molecule has 184 valence electrons. The molecule has 1 fully saturated rings. The molecule has 4 heterocycles. The van der Waals surface area contributed by atoms with E-state index in [2.05, 4.69) is 14.9 Å². The molecule has 1 atom stereocenters. The maximum Gasteiger partial charge on any atom is 0.433 e. The van der Waals surface area contributed by atoms with Crippen LogP contribution in [0.15, 0.2) is 47.4 Å². The smallest absolute Gasteiger partial charge is 0.433 e. The van der Waals surface area contributed by atoms with Gasteiger partial charge in [0, 0.05) is 37.5 Å². The molecule has 0 unspecified atom stereocenters. The lowest BCUT2D eigenvalue weighted by Crippen LogP contribution is -2.47. The maximum atomic E-state index is 14.6. The van der Waals surface area contributed by atoms with Crippen LogP contribution in [0.25, 0.3) is 0 Å². The van der Waals surface area contributed by atoms with Crippen LogP contribution in [0, 0.1) is 5.82 Å². The van der Waals surface area contributed by atoms with Gasteiger partial charge in [0.2, 0.25) is 5.88 Å². The van der Waals surface area contributed by atoms with Crippen LogP contribution in [-0.4, -0.2) is 27.1 Å². The minimum atomic E-state index is -4.64. The van der Waals surface area contributed by atoms with E-state index in [1.165, 1.54) is 24.6 Å². The van der Waals surface area contributed by atoms with Crippen LogP contribution < -0.4 is 20.1 Å². The molecule has 5 rings (SSSR count). The number of benzene rings is 1. The highest BCUT2D eigenvalue weighted by Crippen LogP contribution is 2.33. The van der Waals surface area contributed by atoms with Crippen molar-refractivity contribution in [3.05, 3.63) is 70.2 Å². The number of fused-ring (bicyclic) bond motifs is 3. The van der Waals surface area contributed by atoms with Crippen LogP contribution in [0.3, 0.4) is 0 Å². The fourth-order valence-corrected chi connectivity index (χ4v) is 4.51. The number of pyridine rings is 1. The number of alkyl halides is 3. The summed E-state index contributed by atoms with van der Waals surface area (Å²) < 4.78 is 65.7. The molecule has 2 aromatic heterocycles. The van der Waals surface area contributed by atoms with Crippen LogP contribution in [0.5, 0.6) is 17.4 Å². The van der Waals surface area contributed by atoms with Crippen molar-refractivity contribution in [1.29, 1.82) is 0 Å². The standard InChI is InChI=1S/C24H22F4N4O3/c25-18-11-15(4-5-19(18)35-17-6-8-29-20(12-17)24(26,27)28)14-34-21-13-22-31-9-2-1-3-16(31)7-10-32(22)23(33)30-21/h4-6,8,11-13,16H,1-3,7,9-10,14H2/t16-/m0/s1. The summed E-state index contributed by atoms with van der Waals surface area (Å²) >= 11 is 0. The molecule has 2 aliphatic rings. The van der Waals surface area contributed by atoms with E-state index >= 15 is 0 Å². The first-order valence-electron chi connectivity index (χ1n) is 11.3. The second-order valence-corrected chi connectivity index (χ2v) is 8.55. The number of piperidine rings is 1. The lowest BCUT2D eigenvalue weighted by Gasteiger charge is -2.42. The van der Waals surface area contributed by atoms with Crippen LogP contribution >= 0.6 is 0 Å². The number of rotatable bonds is 5. The second-order valence-electron chi connectivity index (χ2n) is 8.55. The van der Waals surface area contributed by atoms with Gasteiger partial charge in [-0.05, 0) is 49.4 Å². The van der Waals surface area contributed by atoms with E-state index < -0.39 is 17.7 Å². The number of hydrogen-bond acceptors (Lipinski definition) is 6. The van der Waals surface area contributed by atoms with Crippen molar-refractivity contribution in [3.8, 4) is 17.4 Å². The van der Waals surface area contributed by atoms with Crippen LogP contribution in [-0.2, 0) is 19.3 Å². The minimum Gasteiger partial charge on any atom is -0.473 e. The molecular formula is C24H22F4N4O3. The number of halogens is 4. The van der Waals surface area contributed by atoms with Crippen molar-refractivity contribution < 1.29 is 27.0 Å². The highest BCUT2D eigenvalue weighted by Gasteiger charge is 2.33. The molecule has 7 nitrogen and oxygen atoms in total. The third-order valence-electron chi connectivity index (χ3n) is 6.21. The predicted molar refractivity (Wildman–Crippen MR) is 118 cm³/mol. The zero-order chi connectivity index (χ0) is 24.6. The summed E-state index contributed by atoms with van der Waals surface area (Å²) in [5.74, 6) is -0.253. The molecule has 1 aromatic carbocycles. The number of hydrogen-bond donors (Lipinski definition) is 0. The first-order valence-corrected chi connectivity index (χ1v) is 11.3. The monoisotopic (exact) mass is 490 g/mol. The number of anilines is 1. The van der Waals surface area contributed by atoms with E-state index in [4.69, 9.17) is 9.47 Å². The lowest BCUT2D eigenvalue weighted by molar-refractivity contribution is -0.141. The Balaban J connectivity index is 1.29. The molecule has 0 amide bonds.